The number of benzene rings is 1. The van der Waals surface area contributed by atoms with E-state index in [2.05, 4.69) is 15.2 Å². The lowest BCUT2D eigenvalue weighted by atomic mass is 10.2. The Labute approximate surface area is 149 Å². The monoisotopic (exact) mass is 362 g/mol. The molecule has 2 heterocycles. The van der Waals surface area contributed by atoms with Crippen LogP contribution in [-0.2, 0) is 4.79 Å². The van der Waals surface area contributed by atoms with Gasteiger partial charge in [0.25, 0.3) is 5.91 Å². The van der Waals surface area contributed by atoms with Crippen molar-refractivity contribution >= 4 is 35.3 Å². The fraction of sp³-hybridized carbons (Fsp3) is 0.235. The Balaban J connectivity index is 1.71. The van der Waals surface area contributed by atoms with E-state index in [1.54, 1.807) is 17.2 Å². The van der Waals surface area contributed by atoms with Gasteiger partial charge in [-0.15, -0.1) is 0 Å². The van der Waals surface area contributed by atoms with E-state index in [1.165, 1.54) is 24.4 Å². The topological polar surface area (TPSA) is 65.5 Å². The van der Waals surface area contributed by atoms with Gasteiger partial charge in [0.05, 0.1) is 22.5 Å². The fourth-order valence-corrected chi connectivity index (χ4v) is 2.77. The molecule has 0 saturated carbocycles. The quantitative estimate of drug-likeness (QED) is 0.848. The number of nitrogens with one attached hydrogen (secondary N) is 1. The van der Waals surface area contributed by atoms with Gasteiger partial charge in [-0.25, -0.2) is 4.39 Å². The highest BCUT2D eigenvalue weighted by molar-refractivity contribution is 6.31. The van der Waals surface area contributed by atoms with Crippen molar-refractivity contribution in [3.05, 3.63) is 53.1 Å². The van der Waals surface area contributed by atoms with E-state index in [-0.39, 0.29) is 10.9 Å². The molecule has 1 aromatic heterocycles. The lowest BCUT2D eigenvalue weighted by Gasteiger charge is -2.34. The summed E-state index contributed by atoms with van der Waals surface area (Å²) in [5.74, 6) is -0.902. The molecular weight excluding hydrogens is 347 g/mol. The van der Waals surface area contributed by atoms with Crippen LogP contribution in [0.25, 0.3) is 0 Å². The van der Waals surface area contributed by atoms with Crippen LogP contribution < -0.4 is 10.2 Å². The summed E-state index contributed by atoms with van der Waals surface area (Å²) in [6.07, 6.45) is 3.99. The number of rotatable bonds is 4. The van der Waals surface area contributed by atoms with Crippen molar-refractivity contribution in [1.82, 2.24) is 9.88 Å². The Hall–Kier alpha value is -2.67. The van der Waals surface area contributed by atoms with E-state index >= 15 is 0 Å². The van der Waals surface area contributed by atoms with Crippen molar-refractivity contribution in [1.29, 1.82) is 0 Å². The molecular formula is C17H16ClFN4O2. The van der Waals surface area contributed by atoms with E-state index in [4.69, 9.17) is 11.6 Å². The van der Waals surface area contributed by atoms with Crippen LogP contribution in [0.2, 0.25) is 5.02 Å². The van der Waals surface area contributed by atoms with Crippen LogP contribution in [0.5, 0.6) is 0 Å². The Bertz CT molecular complexity index is 794. The molecule has 25 heavy (non-hydrogen) atoms. The average molecular weight is 363 g/mol. The number of pyridine rings is 1. The Kier molecular flexibility index (Phi) is 5.14. The molecule has 1 aliphatic rings. The summed E-state index contributed by atoms with van der Waals surface area (Å²) in [6, 6.07) is 5.73. The van der Waals surface area contributed by atoms with Crippen LogP contribution in [0.3, 0.4) is 0 Å². The minimum atomic E-state index is -0.544. The Morgan fingerprint density at radius 2 is 1.96 bits per heavy atom. The summed E-state index contributed by atoms with van der Waals surface area (Å²) in [6.45, 7) is 2.63. The van der Waals surface area contributed by atoms with Gasteiger partial charge in [0.2, 0.25) is 6.41 Å². The van der Waals surface area contributed by atoms with Crippen molar-refractivity contribution in [2.45, 2.75) is 0 Å². The molecule has 1 N–H and O–H groups in total. The second kappa shape index (κ2) is 7.48. The first-order valence-electron chi connectivity index (χ1n) is 7.72. The molecule has 0 unspecified atom stereocenters. The van der Waals surface area contributed by atoms with E-state index < -0.39 is 5.82 Å². The zero-order valence-electron chi connectivity index (χ0n) is 13.3. The van der Waals surface area contributed by atoms with Gasteiger partial charge >= 0.3 is 0 Å². The van der Waals surface area contributed by atoms with Gasteiger partial charge in [0, 0.05) is 38.1 Å². The van der Waals surface area contributed by atoms with Gasteiger partial charge in [-0.1, -0.05) is 11.6 Å². The van der Waals surface area contributed by atoms with Crippen LogP contribution in [0.1, 0.15) is 10.4 Å². The standard InChI is InChI=1S/C17H16ClFN4O2/c18-15-8-13(1-2-16(15)19)21-17(25)12-7-14(10-20-9-12)23-5-3-22(11-24)4-6-23/h1-2,7-11H,3-6H2,(H,21,25). The molecule has 3 rings (SSSR count). The number of halogens is 2. The molecule has 2 amide bonds. The highest BCUT2D eigenvalue weighted by Gasteiger charge is 2.17. The summed E-state index contributed by atoms with van der Waals surface area (Å²) in [5.41, 5.74) is 1.60. The van der Waals surface area contributed by atoms with Crippen LogP contribution in [0, 0.1) is 5.82 Å². The van der Waals surface area contributed by atoms with Crippen LogP contribution in [-0.4, -0.2) is 48.4 Å². The average Bonchev–Trinajstić information content (AvgIpc) is 2.65. The lowest BCUT2D eigenvalue weighted by Crippen LogP contribution is -2.45. The molecule has 1 aromatic carbocycles. The number of nitrogens with zero attached hydrogens (tertiary/aromatic N) is 3. The minimum Gasteiger partial charge on any atom is -0.367 e. The number of amides is 2. The molecule has 130 valence electrons. The number of hydrogen-bond donors (Lipinski definition) is 1. The summed E-state index contributed by atoms with van der Waals surface area (Å²) >= 11 is 5.72. The number of piperazine rings is 1. The van der Waals surface area contributed by atoms with E-state index in [1.807, 2.05) is 0 Å². The molecule has 0 radical (unpaired) electrons. The Morgan fingerprint density at radius 3 is 2.64 bits per heavy atom. The third-order valence-corrected chi connectivity index (χ3v) is 4.28. The van der Waals surface area contributed by atoms with Gasteiger partial charge in [-0.3, -0.25) is 14.6 Å². The van der Waals surface area contributed by atoms with Crippen molar-refractivity contribution in [3.8, 4) is 0 Å². The largest absolute Gasteiger partial charge is 0.367 e. The number of carbonyl (C=O) groups is 2. The first kappa shape index (κ1) is 17.2. The van der Waals surface area contributed by atoms with Crippen molar-refractivity contribution in [3.63, 3.8) is 0 Å². The maximum Gasteiger partial charge on any atom is 0.257 e. The second-order valence-electron chi connectivity index (χ2n) is 5.64. The summed E-state index contributed by atoms with van der Waals surface area (Å²) < 4.78 is 13.2. The fourth-order valence-electron chi connectivity index (χ4n) is 2.59. The first-order valence-corrected chi connectivity index (χ1v) is 8.10. The molecule has 0 aliphatic carbocycles. The summed E-state index contributed by atoms with van der Waals surface area (Å²) in [7, 11) is 0. The van der Waals surface area contributed by atoms with Gasteiger partial charge in [-0.05, 0) is 24.3 Å². The number of carbonyl (C=O) groups excluding carboxylic acids is 2. The van der Waals surface area contributed by atoms with Crippen molar-refractivity contribution < 1.29 is 14.0 Å². The molecule has 1 saturated heterocycles. The molecule has 1 aliphatic heterocycles. The molecule has 6 nitrogen and oxygen atoms in total. The maximum absolute atomic E-state index is 13.2. The van der Waals surface area contributed by atoms with Crippen LogP contribution >= 0.6 is 11.6 Å². The zero-order valence-corrected chi connectivity index (χ0v) is 14.0. The van der Waals surface area contributed by atoms with E-state index in [0.29, 0.717) is 37.4 Å². The maximum atomic E-state index is 13.2. The number of hydrogen-bond acceptors (Lipinski definition) is 4. The smallest absolute Gasteiger partial charge is 0.257 e. The summed E-state index contributed by atoms with van der Waals surface area (Å²) in [5, 5.41) is 2.61. The SMILES string of the molecule is O=CN1CCN(c2cncc(C(=O)Nc3ccc(F)c(Cl)c3)c2)CC1. The lowest BCUT2D eigenvalue weighted by molar-refractivity contribution is -0.118. The van der Waals surface area contributed by atoms with Gasteiger partial charge in [-0.2, -0.15) is 0 Å². The van der Waals surface area contributed by atoms with Crippen LogP contribution in [0.4, 0.5) is 15.8 Å². The normalized spacial score (nSPS) is 14.3. The molecule has 0 bridgehead atoms. The van der Waals surface area contributed by atoms with Crippen molar-refractivity contribution in [2.24, 2.45) is 0 Å². The number of anilines is 2. The third kappa shape index (κ3) is 4.06. The first-order chi connectivity index (χ1) is 12.1. The molecule has 0 atom stereocenters. The highest BCUT2D eigenvalue weighted by atomic mass is 35.5. The van der Waals surface area contributed by atoms with E-state index in [0.717, 1.165) is 12.1 Å². The van der Waals surface area contributed by atoms with E-state index in [9.17, 15) is 14.0 Å². The molecule has 0 spiro atoms. The molecule has 1 fully saturated rings. The molecule has 2 aromatic rings. The minimum absolute atomic E-state index is 0.0577. The highest BCUT2D eigenvalue weighted by Crippen LogP contribution is 2.21. The zero-order chi connectivity index (χ0) is 17.8. The van der Waals surface area contributed by atoms with Crippen molar-refractivity contribution in [2.75, 3.05) is 36.4 Å². The predicted octanol–water partition coefficient (Wildman–Crippen LogP) is 2.40. The number of aromatic nitrogens is 1. The van der Waals surface area contributed by atoms with Gasteiger partial charge < -0.3 is 15.1 Å². The van der Waals surface area contributed by atoms with Gasteiger partial charge in [0.15, 0.2) is 0 Å². The Morgan fingerprint density at radius 1 is 1.20 bits per heavy atom. The summed E-state index contributed by atoms with van der Waals surface area (Å²) in [4.78, 5) is 31.1. The second-order valence-corrected chi connectivity index (χ2v) is 6.05. The molecule has 8 heteroatoms. The predicted molar refractivity (Wildman–Crippen MR) is 93.5 cm³/mol. The van der Waals surface area contributed by atoms with Crippen LogP contribution in [0.15, 0.2) is 36.7 Å². The third-order valence-electron chi connectivity index (χ3n) is 3.99. The van der Waals surface area contributed by atoms with Gasteiger partial charge in [0.1, 0.15) is 5.82 Å².